The molecule has 0 aromatic carbocycles. The Morgan fingerprint density at radius 2 is 1.80 bits per heavy atom. The first-order valence-electron chi connectivity index (χ1n) is 6.64. The van der Waals surface area contributed by atoms with Gasteiger partial charge < -0.3 is 16.2 Å². The Morgan fingerprint density at radius 1 is 1.30 bits per heavy atom. The molecule has 2 amide bonds. The van der Waals surface area contributed by atoms with Crippen molar-refractivity contribution in [2.45, 2.75) is 45.6 Å². The fraction of sp³-hybridized carbons (Fsp3) is 0.769. The van der Waals surface area contributed by atoms with E-state index in [9.17, 15) is 14.4 Å². The number of nitrogens with two attached hydrogens (primary N) is 1. The van der Waals surface area contributed by atoms with Gasteiger partial charge in [0, 0.05) is 13.5 Å². The van der Waals surface area contributed by atoms with Gasteiger partial charge in [-0.05, 0) is 20.5 Å². The van der Waals surface area contributed by atoms with Gasteiger partial charge in [-0.25, -0.2) is 0 Å². The molecule has 0 aliphatic heterocycles. The lowest BCUT2D eigenvalue weighted by molar-refractivity contribution is -0.137. The minimum absolute atomic E-state index is 0.0281. The highest BCUT2D eigenvalue weighted by Crippen LogP contribution is 2.05. The van der Waals surface area contributed by atoms with E-state index < -0.39 is 5.97 Å². The average Bonchev–Trinajstić information content (AvgIpc) is 2.27. The summed E-state index contributed by atoms with van der Waals surface area (Å²) in [6, 6.07) is -0.159. The first kappa shape index (κ1) is 20.7. The third-order valence-electron chi connectivity index (χ3n) is 2.40. The van der Waals surface area contributed by atoms with Crippen molar-refractivity contribution in [1.29, 1.82) is 0 Å². The number of hydrogen-bond donors (Lipinski definition) is 3. The lowest BCUT2D eigenvalue weighted by atomic mass is 10.1. The van der Waals surface area contributed by atoms with Gasteiger partial charge in [-0.3, -0.25) is 19.3 Å². The molecule has 0 aliphatic carbocycles. The second-order valence-corrected chi connectivity index (χ2v) is 4.67. The van der Waals surface area contributed by atoms with Crippen LogP contribution in [0.1, 0.15) is 39.5 Å². The van der Waals surface area contributed by atoms with Gasteiger partial charge in [-0.2, -0.15) is 0 Å². The molecule has 1 atom stereocenters. The number of carboxylic acids is 1. The molecule has 0 aromatic heterocycles. The molecule has 0 radical (unpaired) electrons. The number of aliphatic carboxylic acids is 1. The van der Waals surface area contributed by atoms with E-state index in [4.69, 9.17) is 5.11 Å². The number of carbonyl (C=O) groups excluding carboxylic acids is 2. The monoisotopic (exact) mass is 292 g/mol. The largest absolute Gasteiger partial charge is 0.481 e. The van der Waals surface area contributed by atoms with Crippen LogP contribution in [0.5, 0.6) is 0 Å². The third kappa shape index (κ3) is 14.4. The number of unbranched alkanes of at least 4 members (excludes halogenated alkanes) is 1. The number of carbonyl (C=O) groups is 3. The van der Waals surface area contributed by atoms with Crippen molar-refractivity contribution in [1.82, 2.24) is 10.2 Å². The molecule has 20 heavy (non-hydrogen) atoms. The Labute approximate surface area is 120 Å². The fourth-order valence-electron chi connectivity index (χ4n) is 1.43. The Hall–Kier alpha value is -1.63. The normalized spacial score (nSPS) is 11.2. The number of primary amides is 1. The van der Waals surface area contributed by atoms with Gasteiger partial charge in [0.15, 0.2) is 0 Å². The highest BCUT2D eigenvalue weighted by atomic mass is 16.4. The first-order valence-corrected chi connectivity index (χ1v) is 6.64. The second-order valence-electron chi connectivity index (χ2n) is 4.67. The van der Waals surface area contributed by atoms with Crippen LogP contribution in [0.15, 0.2) is 0 Å². The molecule has 0 aromatic rings. The molecule has 0 saturated carbocycles. The maximum Gasteiger partial charge on any atom is 0.305 e. The zero-order valence-corrected chi connectivity index (χ0v) is 12.8. The van der Waals surface area contributed by atoms with Crippen molar-refractivity contribution in [2.24, 2.45) is 5.73 Å². The van der Waals surface area contributed by atoms with E-state index in [1.807, 2.05) is 19.0 Å². The molecule has 7 nitrogen and oxygen atoms in total. The molecule has 1 unspecified atom stereocenters. The van der Waals surface area contributed by atoms with Gasteiger partial charge in [0.1, 0.15) is 0 Å². The standard InChI is InChI=1S/C11H22N2O3.C2H5NO/c1-4-5-6-9(13(2)3)11(16)12-8-7-10(14)15;1-2(3)4/h9H,4-8H2,1-3H3,(H,12,16)(H,14,15);1H3,(H2,3,4)/i1+1,8+1;2+1. The maximum atomic E-state index is 11.7. The van der Waals surface area contributed by atoms with Gasteiger partial charge in [0.05, 0.1) is 12.5 Å². The molecule has 0 heterocycles. The van der Waals surface area contributed by atoms with Gasteiger partial charge >= 0.3 is 5.97 Å². The van der Waals surface area contributed by atoms with Crippen LogP contribution in [-0.2, 0) is 14.4 Å². The highest BCUT2D eigenvalue weighted by molar-refractivity contribution is 5.82. The second kappa shape index (κ2) is 12.4. The molecular formula is C13H27N3O4. The van der Waals surface area contributed by atoms with Crippen molar-refractivity contribution < 1.29 is 19.5 Å². The molecule has 0 bridgehead atoms. The molecule has 0 fully saturated rings. The van der Waals surface area contributed by atoms with Crippen molar-refractivity contribution in [2.75, 3.05) is 20.6 Å². The van der Waals surface area contributed by atoms with E-state index in [2.05, 4.69) is 18.0 Å². The predicted molar refractivity (Wildman–Crippen MR) is 77.1 cm³/mol. The maximum absolute atomic E-state index is 11.7. The van der Waals surface area contributed by atoms with E-state index in [1.165, 1.54) is 6.92 Å². The minimum Gasteiger partial charge on any atom is -0.481 e. The van der Waals surface area contributed by atoms with Crippen LogP contribution < -0.4 is 11.1 Å². The van der Waals surface area contributed by atoms with E-state index in [0.29, 0.717) is 0 Å². The third-order valence-corrected chi connectivity index (χ3v) is 2.40. The minimum atomic E-state index is -0.893. The first-order chi connectivity index (χ1) is 9.22. The molecule has 0 aliphatic rings. The predicted octanol–water partition coefficient (Wildman–Crippen LogP) is 0.189. The van der Waals surface area contributed by atoms with Crippen LogP contribution in [-0.4, -0.2) is 54.5 Å². The van der Waals surface area contributed by atoms with Crippen molar-refractivity contribution in [3.05, 3.63) is 0 Å². The van der Waals surface area contributed by atoms with E-state index in [1.54, 1.807) is 0 Å². The quantitative estimate of drug-likeness (QED) is 0.553. The summed E-state index contributed by atoms with van der Waals surface area (Å²) in [7, 11) is 3.72. The summed E-state index contributed by atoms with van der Waals surface area (Å²) in [5.74, 6) is -1.31. The van der Waals surface area contributed by atoms with E-state index in [-0.39, 0.29) is 30.8 Å². The van der Waals surface area contributed by atoms with Gasteiger partial charge in [0.25, 0.3) is 0 Å². The molecular weight excluding hydrogens is 265 g/mol. The Balaban J connectivity index is 0. The van der Waals surface area contributed by atoms with Gasteiger partial charge in [-0.15, -0.1) is 0 Å². The molecule has 0 saturated heterocycles. The summed E-state index contributed by atoms with van der Waals surface area (Å²) in [5.41, 5.74) is 4.47. The highest BCUT2D eigenvalue weighted by Gasteiger charge is 2.19. The Morgan fingerprint density at radius 3 is 2.15 bits per heavy atom. The molecule has 0 rings (SSSR count). The van der Waals surface area contributed by atoms with Crippen LogP contribution in [0, 0.1) is 0 Å². The van der Waals surface area contributed by atoms with Crippen molar-refractivity contribution >= 4 is 17.8 Å². The average molecular weight is 292 g/mol. The Bertz CT molecular complexity index is 302. The fourth-order valence-corrected chi connectivity index (χ4v) is 1.43. The molecule has 118 valence electrons. The summed E-state index contributed by atoms with van der Waals surface area (Å²) in [4.78, 5) is 33.1. The van der Waals surface area contributed by atoms with E-state index >= 15 is 0 Å². The number of carboxylic acid groups (broad SMARTS) is 1. The van der Waals surface area contributed by atoms with Crippen LogP contribution in [0.2, 0.25) is 0 Å². The van der Waals surface area contributed by atoms with Gasteiger partial charge in [-0.1, -0.05) is 19.8 Å². The molecule has 4 N–H and O–H groups in total. The smallest absolute Gasteiger partial charge is 0.305 e. The number of amides is 2. The van der Waals surface area contributed by atoms with Gasteiger partial charge in [0.2, 0.25) is 11.8 Å². The summed E-state index contributed by atoms with van der Waals surface area (Å²) in [6.07, 6.45) is 2.82. The summed E-state index contributed by atoms with van der Waals surface area (Å²) in [5, 5.41) is 11.1. The SMILES string of the molecule is CN(C)C(CCC[13CH3])C(=O)N[13CH2]CC(=O)O.C[13C](N)=O. The number of rotatable bonds is 8. The van der Waals surface area contributed by atoms with Crippen LogP contribution >= 0.6 is 0 Å². The zero-order valence-electron chi connectivity index (χ0n) is 12.8. The van der Waals surface area contributed by atoms with Crippen LogP contribution in [0.25, 0.3) is 0 Å². The van der Waals surface area contributed by atoms with Crippen LogP contribution in [0.4, 0.5) is 0 Å². The van der Waals surface area contributed by atoms with Crippen LogP contribution in [0.3, 0.4) is 0 Å². The summed E-state index contributed by atoms with van der Waals surface area (Å²) >= 11 is 0. The van der Waals surface area contributed by atoms with Crippen molar-refractivity contribution in [3.63, 3.8) is 0 Å². The zero-order chi connectivity index (χ0) is 16.1. The van der Waals surface area contributed by atoms with E-state index in [0.717, 1.165) is 19.3 Å². The number of hydrogen-bond acceptors (Lipinski definition) is 4. The topological polar surface area (TPSA) is 113 Å². The molecule has 7 heteroatoms. The summed E-state index contributed by atoms with van der Waals surface area (Å²) < 4.78 is 0. The molecule has 0 spiro atoms. The number of nitrogens with one attached hydrogen (secondary N) is 1. The van der Waals surface area contributed by atoms with Crippen molar-refractivity contribution in [3.8, 4) is 0 Å². The lowest BCUT2D eigenvalue weighted by Gasteiger charge is -2.23. The summed E-state index contributed by atoms with van der Waals surface area (Å²) in [6.45, 7) is 3.58. The Kier molecular flexibility index (Phi) is 12.8. The number of nitrogens with zero attached hydrogens (tertiary/aromatic N) is 1. The number of likely N-dealkylation sites (N-methyl/N-ethyl adjacent to an activating group) is 1. The lowest BCUT2D eigenvalue weighted by Crippen LogP contribution is -2.44.